The van der Waals surface area contributed by atoms with Gasteiger partial charge in [0.25, 0.3) is 0 Å². The SMILES string of the molecule is CC(C)(C)OC(=O)N1CC2CC1CN2c1ncnc2[nH]ccc12.c1nc(N2CC3CCC2C3)c2cc[nH]c2n1. The van der Waals surface area contributed by atoms with Crippen LogP contribution >= 0.6 is 0 Å². The number of nitrogens with zero attached hydrogens (tertiary/aromatic N) is 7. The van der Waals surface area contributed by atoms with Gasteiger partial charge in [0, 0.05) is 38.1 Å². The number of anilines is 2. The van der Waals surface area contributed by atoms with Crippen LogP contribution in [0.2, 0.25) is 0 Å². The van der Waals surface area contributed by atoms with Gasteiger partial charge in [-0.1, -0.05) is 0 Å². The van der Waals surface area contributed by atoms with E-state index >= 15 is 0 Å². The van der Waals surface area contributed by atoms with Crippen LogP contribution in [-0.2, 0) is 4.74 Å². The molecule has 4 aliphatic rings. The van der Waals surface area contributed by atoms with Crippen LogP contribution in [0.1, 0.15) is 46.5 Å². The molecule has 204 valence electrons. The zero-order valence-electron chi connectivity index (χ0n) is 22.7. The molecule has 8 rings (SSSR count). The number of nitrogens with one attached hydrogen (secondary N) is 2. The Morgan fingerprint density at radius 3 is 1.97 bits per heavy atom. The number of rotatable bonds is 2. The lowest BCUT2D eigenvalue weighted by Crippen LogP contribution is -2.50. The Labute approximate surface area is 227 Å². The topological polar surface area (TPSA) is 119 Å². The van der Waals surface area contributed by atoms with Gasteiger partial charge in [-0.2, -0.15) is 0 Å². The number of hydrogen-bond acceptors (Lipinski definition) is 8. The maximum atomic E-state index is 12.3. The quantitative estimate of drug-likeness (QED) is 0.398. The molecule has 1 aliphatic carbocycles. The number of piperazine rings is 1. The molecule has 11 nitrogen and oxygen atoms in total. The molecule has 1 amide bonds. The second kappa shape index (κ2) is 9.10. The van der Waals surface area contributed by atoms with E-state index < -0.39 is 5.60 Å². The molecule has 4 atom stereocenters. The van der Waals surface area contributed by atoms with Crippen molar-refractivity contribution in [1.82, 2.24) is 34.8 Å². The Hall–Kier alpha value is -3.89. The smallest absolute Gasteiger partial charge is 0.410 e. The van der Waals surface area contributed by atoms with Crippen molar-refractivity contribution in [2.75, 3.05) is 29.4 Å². The van der Waals surface area contributed by atoms with E-state index in [1.54, 1.807) is 12.7 Å². The molecule has 4 unspecified atom stereocenters. The van der Waals surface area contributed by atoms with Gasteiger partial charge in [-0.25, -0.2) is 24.7 Å². The van der Waals surface area contributed by atoms with Gasteiger partial charge in [-0.3, -0.25) is 0 Å². The maximum absolute atomic E-state index is 12.3. The van der Waals surface area contributed by atoms with E-state index in [9.17, 15) is 4.79 Å². The van der Waals surface area contributed by atoms with Crippen molar-refractivity contribution in [3.05, 3.63) is 37.2 Å². The number of fused-ring (bicyclic) bond motifs is 6. The highest BCUT2D eigenvalue weighted by Crippen LogP contribution is 2.41. The lowest BCUT2D eigenvalue weighted by molar-refractivity contribution is 0.0214. The fourth-order valence-electron chi connectivity index (χ4n) is 6.83. The molecule has 0 radical (unpaired) electrons. The lowest BCUT2D eigenvalue weighted by atomic mass is 10.1. The zero-order chi connectivity index (χ0) is 26.7. The number of carbonyl (C=O) groups is 1. The average molecular weight is 530 g/mol. The number of carbonyl (C=O) groups excluding carboxylic acids is 1. The number of ether oxygens (including phenoxy) is 1. The van der Waals surface area contributed by atoms with Crippen molar-refractivity contribution < 1.29 is 9.53 Å². The van der Waals surface area contributed by atoms with E-state index in [0.29, 0.717) is 12.6 Å². The summed E-state index contributed by atoms with van der Waals surface area (Å²) in [4.78, 5) is 42.7. The number of H-pyrrole nitrogens is 2. The van der Waals surface area contributed by atoms with E-state index in [4.69, 9.17) is 4.74 Å². The van der Waals surface area contributed by atoms with Crippen molar-refractivity contribution in [3.8, 4) is 0 Å². The summed E-state index contributed by atoms with van der Waals surface area (Å²) in [5, 5.41) is 2.19. The molecule has 0 spiro atoms. The van der Waals surface area contributed by atoms with Gasteiger partial charge in [0.2, 0.25) is 0 Å². The Morgan fingerprint density at radius 1 is 0.821 bits per heavy atom. The fraction of sp³-hybridized carbons (Fsp3) is 0.536. The third-order valence-electron chi connectivity index (χ3n) is 8.49. The molecule has 4 aromatic heterocycles. The molecule has 2 N–H and O–H groups in total. The van der Waals surface area contributed by atoms with Crippen LogP contribution in [0.3, 0.4) is 0 Å². The first kappa shape index (κ1) is 24.2. The molecule has 3 aliphatic heterocycles. The minimum atomic E-state index is -0.456. The summed E-state index contributed by atoms with van der Waals surface area (Å²) in [6, 6.07) is 5.29. The molecule has 39 heavy (non-hydrogen) atoms. The van der Waals surface area contributed by atoms with Crippen molar-refractivity contribution in [2.24, 2.45) is 5.92 Å². The van der Waals surface area contributed by atoms with Gasteiger partial charge in [0.1, 0.15) is 41.2 Å². The molecule has 0 aromatic carbocycles. The minimum absolute atomic E-state index is 0.193. The Morgan fingerprint density at radius 2 is 1.46 bits per heavy atom. The molecule has 1 saturated carbocycles. The number of piperidine rings is 1. The fourth-order valence-corrected chi connectivity index (χ4v) is 6.83. The highest BCUT2D eigenvalue weighted by molar-refractivity contribution is 5.88. The average Bonchev–Trinajstić information content (AvgIpc) is 3.76. The summed E-state index contributed by atoms with van der Waals surface area (Å²) in [6.45, 7) is 8.36. The highest BCUT2D eigenvalue weighted by Gasteiger charge is 2.47. The maximum Gasteiger partial charge on any atom is 0.410 e. The molecule has 11 heteroatoms. The van der Waals surface area contributed by atoms with Gasteiger partial charge < -0.3 is 29.4 Å². The Kier molecular flexibility index (Phi) is 5.64. The summed E-state index contributed by atoms with van der Waals surface area (Å²) >= 11 is 0. The van der Waals surface area contributed by atoms with Crippen molar-refractivity contribution >= 4 is 39.8 Å². The Bertz CT molecular complexity index is 1510. The highest BCUT2D eigenvalue weighted by atomic mass is 16.6. The van der Waals surface area contributed by atoms with Gasteiger partial charge in [0.05, 0.1) is 22.9 Å². The molecular weight excluding hydrogens is 494 g/mol. The third-order valence-corrected chi connectivity index (χ3v) is 8.49. The van der Waals surface area contributed by atoms with Gasteiger partial charge in [-0.15, -0.1) is 0 Å². The molecule has 4 fully saturated rings. The first-order valence-electron chi connectivity index (χ1n) is 13.9. The van der Waals surface area contributed by atoms with Gasteiger partial charge >= 0.3 is 6.09 Å². The standard InChI is InChI=1S/C16H21N5O2.C12H14N4/c1-16(2,3)23-15(22)21-8-10-6-11(21)7-20(10)14-12-4-5-17-13(12)18-9-19-14;1-2-9-5-8(1)6-16(9)12-10-3-4-13-11(10)14-7-15-12/h4-5,9-11H,6-8H2,1-3H3,(H,17,18,19);3-4,7-9H,1-2,5-6H2,(H,13,14,15). The summed E-state index contributed by atoms with van der Waals surface area (Å²) in [6.07, 6.45) is 11.9. The molecular formula is C28H35N9O2. The summed E-state index contributed by atoms with van der Waals surface area (Å²) in [5.41, 5.74) is 1.34. The normalized spacial score (nSPS) is 25.6. The number of amides is 1. The predicted octanol–water partition coefficient (Wildman–Crippen LogP) is 4.10. The zero-order valence-corrected chi connectivity index (χ0v) is 22.7. The summed E-state index contributed by atoms with van der Waals surface area (Å²) < 4.78 is 5.51. The lowest BCUT2D eigenvalue weighted by Gasteiger charge is -2.35. The number of likely N-dealkylation sites (tertiary alicyclic amines) is 1. The first-order chi connectivity index (χ1) is 18.8. The van der Waals surface area contributed by atoms with E-state index in [-0.39, 0.29) is 12.1 Å². The Balaban J connectivity index is 0.000000138. The number of aromatic nitrogens is 6. The molecule has 3 saturated heterocycles. The van der Waals surface area contributed by atoms with Crippen molar-refractivity contribution in [2.45, 2.75) is 70.2 Å². The van der Waals surface area contributed by atoms with Crippen LogP contribution in [0.15, 0.2) is 37.2 Å². The van der Waals surface area contributed by atoms with Crippen molar-refractivity contribution in [1.29, 1.82) is 0 Å². The van der Waals surface area contributed by atoms with Crippen LogP contribution < -0.4 is 9.80 Å². The van der Waals surface area contributed by atoms with Crippen molar-refractivity contribution in [3.63, 3.8) is 0 Å². The van der Waals surface area contributed by atoms with E-state index in [2.05, 4.69) is 45.8 Å². The van der Waals surface area contributed by atoms with Crippen LogP contribution in [0.25, 0.3) is 22.1 Å². The summed E-state index contributed by atoms with van der Waals surface area (Å²) in [5.74, 6) is 2.97. The van der Waals surface area contributed by atoms with Crippen LogP contribution in [0.4, 0.5) is 16.4 Å². The van der Waals surface area contributed by atoms with E-state index in [0.717, 1.165) is 58.6 Å². The van der Waals surface area contributed by atoms with Gasteiger partial charge in [-0.05, 0) is 64.5 Å². The van der Waals surface area contributed by atoms with E-state index in [1.165, 1.54) is 25.8 Å². The van der Waals surface area contributed by atoms with Crippen LogP contribution in [0.5, 0.6) is 0 Å². The van der Waals surface area contributed by atoms with Gasteiger partial charge in [0.15, 0.2) is 0 Å². The second-order valence-corrected chi connectivity index (χ2v) is 12.2. The first-order valence-corrected chi connectivity index (χ1v) is 13.9. The molecule has 7 heterocycles. The summed E-state index contributed by atoms with van der Waals surface area (Å²) in [7, 11) is 0. The largest absolute Gasteiger partial charge is 0.444 e. The second-order valence-electron chi connectivity index (χ2n) is 12.2. The number of hydrogen-bond donors (Lipinski definition) is 2. The number of aromatic amines is 2. The predicted molar refractivity (Wildman–Crippen MR) is 149 cm³/mol. The van der Waals surface area contributed by atoms with E-state index in [1.807, 2.05) is 44.1 Å². The van der Waals surface area contributed by atoms with Crippen LogP contribution in [-0.4, -0.2) is 84.3 Å². The monoisotopic (exact) mass is 529 g/mol. The molecule has 4 bridgehead atoms. The molecule has 4 aromatic rings. The van der Waals surface area contributed by atoms with Crippen LogP contribution in [0, 0.1) is 5.92 Å². The minimum Gasteiger partial charge on any atom is -0.444 e. The third kappa shape index (κ3) is 4.33.